The average Bonchev–Trinajstić information content (AvgIpc) is 2.64. The average molecular weight is 302 g/mol. The molecule has 0 aromatic heterocycles. The summed E-state index contributed by atoms with van der Waals surface area (Å²) in [6, 6.07) is 20.1. The van der Waals surface area contributed by atoms with Crippen LogP contribution in [0.25, 0.3) is 12.2 Å². The highest BCUT2D eigenvalue weighted by molar-refractivity contribution is 5.46. The maximum atomic E-state index is 3.63. The number of hydrogen-bond donors (Lipinski definition) is 0. The third-order valence-corrected chi connectivity index (χ3v) is 2.77. The highest BCUT2D eigenvalue weighted by atomic mass is 13.8. The molecular formula is C23H26. The van der Waals surface area contributed by atoms with E-state index in [2.05, 4.69) is 26.3 Å². The molecule has 2 aromatic carbocycles. The van der Waals surface area contributed by atoms with E-state index >= 15 is 0 Å². The van der Waals surface area contributed by atoms with Gasteiger partial charge in [0, 0.05) is 0 Å². The van der Waals surface area contributed by atoms with Gasteiger partial charge >= 0.3 is 0 Å². The Morgan fingerprint density at radius 2 is 1.09 bits per heavy atom. The van der Waals surface area contributed by atoms with Gasteiger partial charge in [0.15, 0.2) is 0 Å². The van der Waals surface area contributed by atoms with Crippen LogP contribution in [0, 0.1) is 0 Å². The Bertz CT molecular complexity index is 558. The van der Waals surface area contributed by atoms with E-state index in [0.717, 1.165) is 5.57 Å². The molecule has 0 spiro atoms. The second kappa shape index (κ2) is 14.1. The van der Waals surface area contributed by atoms with Crippen molar-refractivity contribution < 1.29 is 0 Å². The van der Waals surface area contributed by atoms with E-state index < -0.39 is 0 Å². The molecule has 0 amide bonds. The summed E-state index contributed by atoms with van der Waals surface area (Å²) in [6.07, 6.45) is 9.12. The van der Waals surface area contributed by atoms with Crippen molar-refractivity contribution in [2.45, 2.75) is 6.92 Å². The molecule has 0 fully saturated rings. The summed E-state index contributed by atoms with van der Waals surface area (Å²) in [5.74, 6) is 0. The maximum Gasteiger partial charge on any atom is -0.0263 e. The van der Waals surface area contributed by atoms with Crippen LogP contribution in [-0.4, -0.2) is 0 Å². The van der Waals surface area contributed by atoms with Gasteiger partial charge in [-0.2, -0.15) is 0 Å². The van der Waals surface area contributed by atoms with E-state index in [1.54, 1.807) is 12.2 Å². The van der Waals surface area contributed by atoms with Gasteiger partial charge in [0.2, 0.25) is 0 Å². The molecule has 23 heavy (non-hydrogen) atoms. The van der Waals surface area contributed by atoms with Crippen LogP contribution in [0.15, 0.2) is 111 Å². The molecule has 2 rings (SSSR count). The van der Waals surface area contributed by atoms with E-state index in [4.69, 9.17) is 0 Å². The predicted octanol–water partition coefficient (Wildman–Crippen LogP) is 6.96. The minimum absolute atomic E-state index is 1.15. The summed E-state index contributed by atoms with van der Waals surface area (Å²) in [5.41, 5.74) is 3.50. The molecule has 0 aliphatic heterocycles. The first kappa shape index (κ1) is 20.1. The summed E-state index contributed by atoms with van der Waals surface area (Å²) >= 11 is 0. The molecule has 0 aliphatic carbocycles. The quantitative estimate of drug-likeness (QED) is 0.535. The lowest BCUT2D eigenvalue weighted by Crippen LogP contribution is -1.63. The third kappa shape index (κ3) is 11.5. The van der Waals surface area contributed by atoms with Gasteiger partial charge in [-0.3, -0.25) is 0 Å². The van der Waals surface area contributed by atoms with Crippen molar-refractivity contribution in [3.05, 3.63) is 122 Å². The fourth-order valence-corrected chi connectivity index (χ4v) is 1.43. The van der Waals surface area contributed by atoms with Crippen molar-refractivity contribution >= 4 is 12.2 Å². The Hall–Kier alpha value is -2.86. The second-order valence-corrected chi connectivity index (χ2v) is 4.58. The molecule has 0 unspecified atom stereocenters. The minimum Gasteiger partial charge on any atom is -0.0991 e. The van der Waals surface area contributed by atoms with Crippen molar-refractivity contribution in [3.63, 3.8) is 0 Å². The Morgan fingerprint density at radius 3 is 1.26 bits per heavy atom. The molecule has 0 aliphatic rings. The van der Waals surface area contributed by atoms with Crippen LogP contribution in [0.2, 0.25) is 0 Å². The van der Waals surface area contributed by atoms with Crippen LogP contribution >= 0.6 is 0 Å². The molecule has 0 nitrogen and oxygen atoms in total. The van der Waals surface area contributed by atoms with Crippen molar-refractivity contribution in [2.24, 2.45) is 0 Å². The largest absolute Gasteiger partial charge is 0.0991 e. The van der Waals surface area contributed by atoms with E-state index in [0.29, 0.717) is 0 Å². The highest BCUT2D eigenvalue weighted by Crippen LogP contribution is 1.98. The topological polar surface area (TPSA) is 0 Å². The Balaban J connectivity index is 0.000000317. The van der Waals surface area contributed by atoms with E-state index in [-0.39, 0.29) is 0 Å². The van der Waals surface area contributed by atoms with Gasteiger partial charge in [0.25, 0.3) is 0 Å². The summed E-state index contributed by atoms with van der Waals surface area (Å²) < 4.78 is 0. The van der Waals surface area contributed by atoms with Gasteiger partial charge < -0.3 is 0 Å². The second-order valence-electron chi connectivity index (χ2n) is 4.58. The van der Waals surface area contributed by atoms with Gasteiger partial charge in [-0.25, -0.2) is 0 Å². The first-order valence-electron chi connectivity index (χ1n) is 7.44. The molecule has 0 radical (unpaired) electrons. The standard InChI is InChI=1S/2C8H8.C7H10/c2*1-2-8-6-4-3-5-7-8;1-4-6-7(3)5-2/h2*2-7H,1H2;4-6H,1-2H2,3H3/b;;7-6-. The molecule has 0 saturated carbocycles. The SMILES string of the molecule is C=C/C=C(/C)C=C.C=Cc1ccccc1.C=Cc1ccccc1. The van der Waals surface area contributed by atoms with E-state index in [9.17, 15) is 0 Å². The lowest BCUT2D eigenvalue weighted by molar-refractivity contribution is 1.54. The number of rotatable bonds is 4. The molecule has 0 N–H and O–H groups in total. The van der Waals surface area contributed by atoms with Crippen LogP contribution in [0.5, 0.6) is 0 Å². The normalized spacial score (nSPS) is 9.17. The van der Waals surface area contributed by atoms with Crippen molar-refractivity contribution in [1.29, 1.82) is 0 Å². The summed E-state index contributed by atoms with van der Waals surface area (Å²) in [5, 5.41) is 0. The first-order chi connectivity index (χ1) is 11.2. The maximum absolute atomic E-state index is 3.63. The molecule has 2 aromatic rings. The van der Waals surface area contributed by atoms with E-state index in [1.165, 1.54) is 11.1 Å². The lowest BCUT2D eigenvalue weighted by Gasteiger charge is -1.85. The molecule has 0 atom stereocenters. The van der Waals surface area contributed by atoms with Crippen molar-refractivity contribution in [1.82, 2.24) is 0 Å². The predicted molar refractivity (Wildman–Crippen MR) is 107 cm³/mol. The molecular weight excluding hydrogens is 276 g/mol. The van der Waals surface area contributed by atoms with Gasteiger partial charge in [0.05, 0.1) is 0 Å². The number of hydrogen-bond acceptors (Lipinski definition) is 0. The van der Waals surface area contributed by atoms with Gasteiger partial charge in [-0.15, -0.1) is 0 Å². The van der Waals surface area contributed by atoms with Crippen LogP contribution in [0.3, 0.4) is 0 Å². The molecule has 0 heteroatoms. The van der Waals surface area contributed by atoms with Gasteiger partial charge in [-0.1, -0.05) is 123 Å². The van der Waals surface area contributed by atoms with Crippen molar-refractivity contribution in [3.8, 4) is 0 Å². The highest BCUT2D eigenvalue weighted by Gasteiger charge is 1.76. The van der Waals surface area contributed by atoms with E-state index in [1.807, 2.05) is 85.8 Å². The van der Waals surface area contributed by atoms with Gasteiger partial charge in [0.1, 0.15) is 0 Å². The summed E-state index contributed by atoms with van der Waals surface area (Å²) in [6.45, 7) is 16.3. The fraction of sp³-hybridized carbons (Fsp3) is 0.0435. The zero-order valence-corrected chi connectivity index (χ0v) is 14.0. The molecule has 118 valence electrons. The Kier molecular flexibility index (Phi) is 12.3. The number of allylic oxidation sites excluding steroid dienone is 4. The smallest absolute Gasteiger partial charge is 0.0263 e. The lowest BCUT2D eigenvalue weighted by atomic mass is 10.2. The van der Waals surface area contributed by atoms with Gasteiger partial charge in [-0.05, 0) is 18.1 Å². The Morgan fingerprint density at radius 1 is 0.696 bits per heavy atom. The molecule has 0 heterocycles. The number of benzene rings is 2. The summed E-state index contributed by atoms with van der Waals surface area (Å²) in [4.78, 5) is 0. The first-order valence-corrected chi connectivity index (χ1v) is 7.44. The third-order valence-electron chi connectivity index (χ3n) is 2.77. The zero-order valence-electron chi connectivity index (χ0n) is 14.0. The fourth-order valence-electron chi connectivity index (χ4n) is 1.43. The Labute approximate surface area is 141 Å². The van der Waals surface area contributed by atoms with Crippen molar-refractivity contribution in [2.75, 3.05) is 0 Å². The molecule has 0 bridgehead atoms. The monoisotopic (exact) mass is 302 g/mol. The minimum atomic E-state index is 1.15. The van der Waals surface area contributed by atoms with Crippen LogP contribution in [0.4, 0.5) is 0 Å². The van der Waals surface area contributed by atoms with Crippen LogP contribution in [-0.2, 0) is 0 Å². The summed E-state index contributed by atoms with van der Waals surface area (Å²) in [7, 11) is 0. The van der Waals surface area contributed by atoms with Crippen LogP contribution < -0.4 is 0 Å². The van der Waals surface area contributed by atoms with Crippen LogP contribution in [0.1, 0.15) is 18.1 Å². The molecule has 0 saturated heterocycles. The zero-order chi connectivity index (χ0) is 17.3.